The SMILES string of the molecule is CC(CN)OCCCOc1ccc(C(C)(C)C)cc1. The van der Waals surface area contributed by atoms with E-state index in [4.69, 9.17) is 15.2 Å². The van der Waals surface area contributed by atoms with Crippen molar-refractivity contribution in [2.75, 3.05) is 19.8 Å². The van der Waals surface area contributed by atoms with Gasteiger partial charge in [-0.15, -0.1) is 0 Å². The normalized spacial score (nSPS) is 13.3. The van der Waals surface area contributed by atoms with Crippen molar-refractivity contribution in [2.24, 2.45) is 5.73 Å². The molecule has 0 aliphatic heterocycles. The molecule has 1 atom stereocenters. The molecule has 0 fully saturated rings. The zero-order valence-electron chi connectivity index (χ0n) is 12.6. The number of ether oxygens (including phenoxy) is 2. The van der Waals surface area contributed by atoms with E-state index >= 15 is 0 Å². The van der Waals surface area contributed by atoms with Crippen LogP contribution >= 0.6 is 0 Å². The van der Waals surface area contributed by atoms with E-state index in [0.717, 1.165) is 12.2 Å². The van der Waals surface area contributed by atoms with Gasteiger partial charge in [0.1, 0.15) is 5.75 Å². The zero-order valence-corrected chi connectivity index (χ0v) is 12.6. The van der Waals surface area contributed by atoms with Crippen LogP contribution in [0.3, 0.4) is 0 Å². The van der Waals surface area contributed by atoms with Crippen LogP contribution in [-0.4, -0.2) is 25.9 Å². The maximum absolute atomic E-state index is 5.68. The molecule has 0 aromatic heterocycles. The second-order valence-corrected chi connectivity index (χ2v) is 5.89. The highest BCUT2D eigenvalue weighted by Crippen LogP contribution is 2.24. The standard InChI is InChI=1S/C16H27NO2/c1-13(12-17)18-10-5-11-19-15-8-6-14(7-9-15)16(2,3)4/h6-9,13H,5,10-12,17H2,1-4H3. The molecule has 0 saturated carbocycles. The first-order valence-electron chi connectivity index (χ1n) is 6.98. The lowest BCUT2D eigenvalue weighted by Gasteiger charge is -2.19. The van der Waals surface area contributed by atoms with Crippen LogP contribution in [0.4, 0.5) is 0 Å². The van der Waals surface area contributed by atoms with Crippen LogP contribution in [0.1, 0.15) is 39.7 Å². The molecule has 1 aromatic carbocycles. The van der Waals surface area contributed by atoms with Crippen molar-refractivity contribution in [2.45, 2.75) is 45.6 Å². The second kappa shape index (κ2) is 7.51. The molecule has 1 aromatic rings. The number of nitrogens with two attached hydrogens (primary N) is 1. The fourth-order valence-corrected chi connectivity index (χ4v) is 1.65. The first kappa shape index (κ1) is 16.0. The summed E-state index contributed by atoms with van der Waals surface area (Å²) in [5, 5.41) is 0. The van der Waals surface area contributed by atoms with Gasteiger partial charge in [-0.2, -0.15) is 0 Å². The Balaban J connectivity index is 2.27. The van der Waals surface area contributed by atoms with E-state index in [1.807, 2.05) is 19.1 Å². The molecular formula is C16H27NO2. The van der Waals surface area contributed by atoms with Crippen molar-refractivity contribution in [3.05, 3.63) is 29.8 Å². The summed E-state index contributed by atoms with van der Waals surface area (Å²) in [6, 6.07) is 8.32. The summed E-state index contributed by atoms with van der Waals surface area (Å²) < 4.78 is 11.2. The van der Waals surface area contributed by atoms with E-state index < -0.39 is 0 Å². The Morgan fingerprint density at radius 3 is 2.26 bits per heavy atom. The quantitative estimate of drug-likeness (QED) is 0.770. The summed E-state index contributed by atoms with van der Waals surface area (Å²) in [5.74, 6) is 0.917. The minimum atomic E-state index is 0.131. The monoisotopic (exact) mass is 265 g/mol. The van der Waals surface area contributed by atoms with E-state index in [1.165, 1.54) is 5.56 Å². The van der Waals surface area contributed by atoms with Gasteiger partial charge in [0.05, 0.1) is 19.3 Å². The molecule has 0 heterocycles. The van der Waals surface area contributed by atoms with Crippen LogP contribution < -0.4 is 10.5 Å². The Morgan fingerprint density at radius 2 is 1.74 bits per heavy atom. The predicted molar refractivity (Wildman–Crippen MR) is 79.7 cm³/mol. The third kappa shape index (κ3) is 6.08. The van der Waals surface area contributed by atoms with Crippen molar-refractivity contribution in [3.8, 4) is 5.75 Å². The largest absolute Gasteiger partial charge is 0.494 e. The van der Waals surface area contributed by atoms with Gasteiger partial charge in [0.15, 0.2) is 0 Å². The molecule has 0 aliphatic rings. The van der Waals surface area contributed by atoms with Crippen molar-refractivity contribution < 1.29 is 9.47 Å². The van der Waals surface area contributed by atoms with E-state index in [9.17, 15) is 0 Å². The molecule has 0 aliphatic carbocycles. The van der Waals surface area contributed by atoms with Crippen LogP contribution in [0.15, 0.2) is 24.3 Å². The van der Waals surface area contributed by atoms with E-state index in [2.05, 4.69) is 32.9 Å². The fourth-order valence-electron chi connectivity index (χ4n) is 1.65. The van der Waals surface area contributed by atoms with Crippen molar-refractivity contribution in [1.29, 1.82) is 0 Å². The molecule has 0 radical (unpaired) electrons. The van der Waals surface area contributed by atoms with Gasteiger partial charge in [-0.1, -0.05) is 32.9 Å². The molecule has 1 rings (SSSR count). The van der Waals surface area contributed by atoms with Gasteiger partial charge < -0.3 is 15.2 Å². The average molecular weight is 265 g/mol. The summed E-state index contributed by atoms with van der Waals surface area (Å²) in [6.07, 6.45) is 1.01. The number of benzene rings is 1. The van der Waals surface area contributed by atoms with Gasteiger partial charge in [-0.25, -0.2) is 0 Å². The molecule has 0 saturated heterocycles. The Morgan fingerprint density at radius 1 is 1.11 bits per heavy atom. The molecule has 19 heavy (non-hydrogen) atoms. The predicted octanol–water partition coefficient (Wildman–Crippen LogP) is 3.12. The Kier molecular flexibility index (Phi) is 6.32. The Bertz CT molecular complexity index is 354. The molecule has 3 nitrogen and oxygen atoms in total. The van der Waals surface area contributed by atoms with E-state index in [0.29, 0.717) is 19.8 Å². The smallest absolute Gasteiger partial charge is 0.119 e. The fraction of sp³-hybridized carbons (Fsp3) is 0.625. The summed E-state index contributed by atoms with van der Waals surface area (Å²) in [4.78, 5) is 0. The maximum atomic E-state index is 5.68. The average Bonchev–Trinajstić information content (AvgIpc) is 2.37. The van der Waals surface area contributed by atoms with Gasteiger partial charge in [0.25, 0.3) is 0 Å². The molecule has 108 valence electrons. The maximum Gasteiger partial charge on any atom is 0.119 e. The van der Waals surface area contributed by atoms with Gasteiger partial charge in [-0.05, 0) is 30.0 Å². The summed E-state index contributed by atoms with van der Waals surface area (Å²) in [6.45, 7) is 10.5. The third-order valence-electron chi connectivity index (χ3n) is 3.01. The number of rotatable bonds is 7. The molecule has 0 bridgehead atoms. The first-order chi connectivity index (χ1) is 8.93. The molecule has 3 heteroatoms. The lowest BCUT2D eigenvalue weighted by molar-refractivity contribution is 0.0631. The van der Waals surface area contributed by atoms with E-state index in [1.54, 1.807) is 0 Å². The number of hydrogen-bond acceptors (Lipinski definition) is 3. The molecule has 2 N–H and O–H groups in total. The highest BCUT2D eigenvalue weighted by Gasteiger charge is 2.12. The lowest BCUT2D eigenvalue weighted by atomic mass is 9.87. The summed E-state index contributed by atoms with van der Waals surface area (Å²) in [5.41, 5.74) is 6.98. The zero-order chi connectivity index (χ0) is 14.3. The van der Waals surface area contributed by atoms with Crippen molar-refractivity contribution >= 4 is 0 Å². The van der Waals surface area contributed by atoms with Gasteiger partial charge in [-0.3, -0.25) is 0 Å². The highest BCUT2D eigenvalue weighted by atomic mass is 16.5. The molecule has 0 spiro atoms. The number of hydrogen-bond donors (Lipinski definition) is 1. The minimum Gasteiger partial charge on any atom is -0.494 e. The van der Waals surface area contributed by atoms with E-state index in [-0.39, 0.29) is 11.5 Å². The molecule has 1 unspecified atom stereocenters. The third-order valence-corrected chi connectivity index (χ3v) is 3.01. The summed E-state index contributed by atoms with van der Waals surface area (Å²) in [7, 11) is 0. The van der Waals surface area contributed by atoms with Crippen LogP contribution in [0.25, 0.3) is 0 Å². The van der Waals surface area contributed by atoms with Crippen LogP contribution in [0.2, 0.25) is 0 Å². The van der Waals surface area contributed by atoms with Crippen molar-refractivity contribution in [3.63, 3.8) is 0 Å². The second-order valence-electron chi connectivity index (χ2n) is 5.89. The Labute approximate surface area is 117 Å². The Hall–Kier alpha value is -1.06. The molecule has 0 amide bonds. The van der Waals surface area contributed by atoms with Crippen molar-refractivity contribution in [1.82, 2.24) is 0 Å². The summed E-state index contributed by atoms with van der Waals surface area (Å²) >= 11 is 0. The van der Waals surface area contributed by atoms with Gasteiger partial charge in [0.2, 0.25) is 0 Å². The first-order valence-corrected chi connectivity index (χ1v) is 6.98. The topological polar surface area (TPSA) is 44.5 Å². The van der Waals surface area contributed by atoms with Crippen LogP contribution in [0, 0.1) is 0 Å². The lowest BCUT2D eigenvalue weighted by Crippen LogP contribution is -2.21. The highest BCUT2D eigenvalue weighted by molar-refractivity contribution is 5.31. The van der Waals surface area contributed by atoms with Crippen LogP contribution in [-0.2, 0) is 10.2 Å². The van der Waals surface area contributed by atoms with Gasteiger partial charge in [0, 0.05) is 13.0 Å². The van der Waals surface area contributed by atoms with Gasteiger partial charge >= 0.3 is 0 Å². The van der Waals surface area contributed by atoms with Crippen LogP contribution in [0.5, 0.6) is 5.75 Å². The minimum absolute atomic E-state index is 0.131. The molecular weight excluding hydrogens is 238 g/mol.